The fourth-order valence-corrected chi connectivity index (χ4v) is 3.32. The number of ketones is 1. The van der Waals surface area contributed by atoms with E-state index < -0.39 is 11.5 Å². The first kappa shape index (κ1) is 14.0. The maximum Gasteiger partial charge on any atom is 0.261 e. The SMILES string of the molecule is CCc1cccc2c1NC(=O)[C@]2(O)CC(=O)c1cccs1. The molecule has 3 rings (SSSR count). The molecule has 5 heteroatoms. The molecule has 0 saturated carbocycles. The molecule has 0 radical (unpaired) electrons. The summed E-state index contributed by atoms with van der Waals surface area (Å²) < 4.78 is 0. The molecule has 4 nitrogen and oxygen atoms in total. The molecule has 2 heterocycles. The number of carbonyl (C=O) groups is 2. The number of fused-ring (bicyclic) bond motifs is 1. The first-order valence-electron chi connectivity index (χ1n) is 6.79. The van der Waals surface area contributed by atoms with E-state index in [1.54, 1.807) is 29.6 Å². The number of rotatable bonds is 4. The van der Waals surface area contributed by atoms with Gasteiger partial charge >= 0.3 is 0 Å². The number of benzene rings is 1. The molecule has 2 aromatic rings. The van der Waals surface area contributed by atoms with Crippen LogP contribution < -0.4 is 5.32 Å². The van der Waals surface area contributed by atoms with Crippen LogP contribution in [0.3, 0.4) is 0 Å². The first-order valence-corrected chi connectivity index (χ1v) is 7.67. The van der Waals surface area contributed by atoms with Gasteiger partial charge in [0.1, 0.15) is 0 Å². The van der Waals surface area contributed by atoms with E-state index in [0.29, 0.717) is 16.1 Å². The van der Waals surface area contributed by atoms with Gasteiger partial charge in [0.25, 0.3) is 5.91 Å². The van der Waals surface area contributed by atoms with Gasteiger partial charge in [-0.3, -0.25) is 9.59 Å². The highest BCUT2D eigenvalue weighted by Gasteiger charge is 2.47. The summed E-state index contributed by atoms with van der Waals surface area (Å²) in [5.41, 5.74) is 0.324. The zero-order valence-electron chi connectivity index (χ0n) is 11.6. The van der Waals surface area contributed by atoms with Crippen molar-refractivity contribution in [3.05, 3.63) is 51.7 Å². The van der Waals surface area contributed by atoms with Gasteiger partial charge in [-0.2, -0.15) is 0 Å². The second-order valence-corrected chi connectivity index (χ2v) is 6.03. The van der Waals surface area contributed by atoms with Crippen molar-refractivity contribution in [3.63, 3.8) is 0 Å². The molecule has 0 unspecified atom stereocenters. The third-order valence-corrected chi connectivity index (χ3v) is 4.71. The van der Waals surface area contributed by atoms with Crippen molar-refractivity contribution in [1.82, 2.24) is 0 Å². The van der Waals surface area contributed by atoms with Crippen LogP contribution in [0.1, 0.15) is 34.1 Å². The summed E-state index contributed by atoms with van der Waals surface area (Å²) in [7, 11) is 0. The van der Waals surface area contributed by atoms with Gasteiger partial charge in [-0.25, -0.2) is 0 Å². The molecule has 0 bridgehead atoms. The minimum Gasteiger partial charge on any atom is -0.375 e. The van der Waals surface area contributed by atoms with Crippen molar-refractivity contribution in [1.29, 1.82) is 0 Å². The zero-order chi connectivity index (χ0) is 15.0. The van der Waals surface area contributed by atoms with Crippen LogP contribution in [0.2, 0.25) is 0 Å². The molecule has 1 amide bonds. The van der Waals surface area contributed by atoms with Gasteiger partial charge in [0, 0.05) is 5.56 Å². The van der Waals surface area contributed by atoms with Crippen LogP contribution in [0.25, 0.3) is 0 Å². The smallest absolute Gasteiger partial charge is 0.261 e. The van der Waals surface area contributed by atoms with Crippen molar-refractivity contribution in [2.75, 3.05) is 5.32 Å². The highest BCUT2D eigenvalue weighted by atomic mass is 32.1. The fourth-order valence-electron chi connectivity index (χ4n) is 2.66. The molecule has 2 N–H and O–H groups in total. The van der Waals surface area contributed by atoms with E-state index in [1.807, 2.05) is 13.0 Å². The summed E-state index contributed by atoms with van der Waals surface area (Å²) in [5, 5.41) is 15.3. The van der Waals surface area contributed by atoms with Crippen molar-refractivity contribution >= 4 is 28.7 Å². The lowest BCUT2D eigenvalue weighted by atomic mass is 9.88. The number of Topliss-reactive ketones (excluding diaryl/α,β-unsaturated/α-hetero) is 1. The molecule has 1 aromatic heterocycles. The Balaban J connectivity index is 1.99. The molecular weight excluding hydrogens is 286 g/mol. The topological polar surface area (TPSA) is 66.4 Å². The van der Waals surface area contributed by atoms with Crippen molar-refractivity contribution < 1.29 is 14.7 Å². The molecule has 1 aromatic carbocycles. The van der Waals surface area contributed by atoms with Crippen LogP contribution in [0, 0.1) is 0 Å². The van der Waals surface area contributed by atoms with E-state index in [1.165, 1.54) is 11.3 Å². The highest BCUT2D eigenvalue weighted by molar-refractivity contribution is 7.12. The predicted octanol–water partition coefficient (Wildman–Crippen LogP) is 2.72. The van der Waals surface area contributed by atoms with E-state index in [4.69, 9.17) is 0 Å². The van der Waals surface area contributed by atoms with Crippen LogP contribution in [0.15, 0.2) is 35.7 Å². The van der Waals surface area contributed by atoms with Gasteiger partial charge in [0.15, 0.2) is 11.4 Å². The fraction of sp³-hybridized carbons (Fsp3) is 0.250. The summed E-state index contributed by atoms with van der Waals surface area (Å²) in [4.78, 5) is 25.0. The summed E-state index contributed by atoms with van der Waals surface area (Å²) >= 11 is 1.31. The maximum atomic E-state index is 12.2. The van der Waals surface area contributed by atoms with Gasteiger partial charge < -0.3 is 10.4 Å². The number of nitrogens with one attached hydrogen (secondary N) is 1. The van der Waals surface area contributed by atoms with Crippen molar-refractivity contribution in [2.24, 2.45) is 0 Å². The van der Waals surface area contributed by atoms with Crippen LogP contribution in [-0.2, 0) is 16.8 Å². The second-order valence-electron chi connectivity index (χ2n) is 5.08. The molecule has 0 spiro atoms. The average Bonchev–Trinajstić information content (AvgIpc) is 3.08. The molecular formula is C16H15NO3S. The Morgan fingerprint density at radius 3 is 2.81 bits per heavy atom. The first-order chi connectivity index (χ1) is 10.1. The van der Waals surface area contributed by atoms with Crippen LogP contribution in [0.4, 0.5) is 5.69 Å². The molecule has 0 aliphatic carbocycles. The number of hydrogen-bond acceptors (Lipinski definition) is 4. The number of carbonyl (C=O) groups excluding carboxylic acids is 2. The summed E-state index contributed by atoms with van der Waals surface area (Å²) in [6.07, 6.45) is 0.512. The molecule has 21 heavy (non-hydrogen) atoms. The lowest BCUT2D eigenvalue weighted by Crippen LogP contribution is -2.36. The monoisotopic (exact) mass is 301 g/mol. The minimum absolute atomic E-state index is 0.225. The standard InChI is InChI=1S/C16H15NO3S/c1-2-10-5-3-6-11-14(10)17-15(19)16(11,20)9-12(18)13-7-4-8-21-13/h3-8,20H,2,9H2,1H3,(H,17,19)/t16-/m0/s1. The van der Waals surface area contributed by atoms with E-state index in [-0.39, 0.29) is 12.2 Å². The van der Waals surface area contributed by atoms with Crippen molar-refractivity contribution in [2.45, 2.75) is 25.4 Å². The van der Waals surface area contributed by atoms with E-state index in [0.717, 1.165) is 12.0 Å². The second kappa shape index (κ2) is 5.09. The van der Waals surface area contributed by atoms with Gasteiger partial charge in [-0.05, 0) is 23.4 Å². The summed E-state index contributed by atoms with van der Waals surface area (Å²) in [5.74, 6) is -0.749. The van der Waals surface area contributed by atoms with Crippen molar-refractivity contribution in [3.8, 4) is 0 Å². The number of thiophene rings is 1. The number of hydrogen-bond donors (Lipinski definition) is 2. The van der Waals surface area contributed by atoms with E-state index >= 15 is 0 Å². The molecule has 108 valence electrons. The van der Waals surface area contributed by atoms with Gasteiger partial charge in [0.2, 0.25) is 0 Å². The van der Waals surface area contributed by atoms with Gasteiger partial charge in [-0.15, -0.1) is 11.3 Å². The van der Waals surface area contributed by atoms with E-state index in [9.17, 15) is 14.7 Å². The third kappa shape index (κ3) is 2.18. The average molecular weight is 301 g/mol. The van der Waals surface area contributed by atoms with Crippen LogP contribution >= 0.6 is 11.3 Å². The largest absolute Gasteiger partial charge is 0.375 e. The normalized spacial score (nSPS) is 20.2. The molecule has 0 saturated heterocycles. The number of amides is 1. The molecule has 0 fully saturated rings. The number of aliphatic hydroxyl groups is 1. The van der Waals surface area contributed by atoms with Gasteiger partial charge in [0.05, 0.1) is 17.0 Å². The number of anilines is 1. The number of para-hydroxylation sites is 1. The zero-order valence-corrected chi connectivity index (χ0v) is 12.4. The maximum absolute atomic E-state index is 12.2. The van der Waals surface area contributed by atoms with Gasteiger partial charge in [-0.1, -0.05) is 31.2 Å². The highest BCUT2D eigenvalue weighted by Crippen LogP contribution is 2.41. The Hall–Kier alpha value is -1.98. The summed E-state index contributed by atoms with van der Waals surface area (Å²) in [6, 6.07) is 8.89. The Labute approximate surface area is 126 Å². The third-order valence-electron chi connectivity index (χ3n) is 3.80. The predicted molar refractivity (Wildman–Crippen MR) is 81.6 cm³/mol. The lowest BCUT2D eigenvalue weighted by molar-refractivity contribution is -0.133. The molecule has 1 aliphatic rings. The quantitative estimate of drug-likeness (QED) is 0.853. The molecule has 1 aliphatic heterocycles. The van der Waals surface area contributed by atoms with Crippen LogP contribution in [-0.4, -0.2) is 16.8 Å². The summed E-state index contributed by atoms with van der Waals surface area (Å²) in [6.45, 7) is 1.98. The van der Waals surface area contributed by atoms with Crippen LogP contribution in [0.5, 0.6) is 0 Å². The number of aryl methyl sites for hydroxylation is 1. The lowest BCUT2D eigenvalue weighted by Gasteiger charge is -2.19. The Morgan fingerprint density at radius 2 is 2.14 bits per heavy atom. The minimum atomic E-state index is -1.78. The Bertz CT molecular complexity index is 708. The Kier molecular flexibility index (Phi) is 3.39. The van der Waals surface area contributed by atoms with E-state index in [2.05, 4.69) is 5.32 Å². The Morgan fingerprint density at radius 1 is 1.33 bits per heavy atom. The molecule has 1 atom stereocenters.